The third-order valence-electron chi connectivity index (χ3n) is 6.22. The summed E-state index contributed by atoms with van der Waals surface area (Å²) in [7, 11) is 0. The second kappa shape index (κ2) is 8.29. The third kappa shape index (κ3) is 3.86. The fraction of sp³-hybridized carbons (Fsp3) is 0. The molecule has 0 aliphatic carbocycles. The van der Waals surface area contributed by atoms with Crippen LogP contribution in [0.1, 0.15) is 0 Å². The van der Waals surface area contributed by atoms with E-state index < -0.39 is 0 Å². The van der Waals surface area contributed by atoms with E-state index in [9.17, 15) is 0 Å². The van der Waals surface area contributed by atoms with E-state index in [0.717, 1.165) is 11.4 Å². The van der Waals surface area contributed by atoms with E-state index in [1.165, 1.54) is 43.8 Å². The molecule has 0 aliphatic rings. The molecule has 0 fully saturated rings. The standard InChI is InChI=1S/C32H23N/c1-2-7-23(8-3-1)26-10-6-11-30(22-26)33-29-18-15-24(16-19-29)27-17-20-32-28(21-27)14-13-25-9-4-5-12-31(25)32/h1-22,33H. The topological polar surface area (TPSA) is 12.0 Å². The van der Waals surface area contributed by atoms with Gasteiger partial charge in [0.1, 0.15) is 0 Å². The van der Waals surface area contributed by atoms with Crippen molar-refractivity contribution in [2.24, 2.45) is 0 Å². The lowest BCUT2D eigenvalue weighted by atomic mass is 9.97. The van der Waals surface area contributed by atoms with Crippen molar-refractivity contribution < 1.29 is 0 Å². The molecule has 0 aromatic heterocycles. The zero-order chi connectivity index (χ0) is 22.0. The molecule has 0 saturated heterocycles. The van der Waals surface area contributed by atoms with Gasteiger partial charge in [-0.1, -0.05) is 103 Å². The first-order valence-corrected chi connectivity index (χ1v) is 11.3. The summed E-state index contributed by atoms with van der Waals surface area (Å²) in [4.78, 5) is 0. The summed E-state index contributed by atoms with van der Waals surface area (Å²) in [5, 5.41) is 8.70. The first-order chi connectivity index (χ1) is 16.3. The van der Waals surface area contributed by atoms with E-state index in [1.54, 1.807) is 0 Å². The van der Waals surface area contributed by atoms with E-state index in [0.29, 0.717) is 0 Å². The van der Waals surface area contributed by atoms with Crippen LogP contribution in [-0.4, -0.2) is 0 Å². The second-order valence-electron chi connectivity index (χ2n) is 8.37. The molecule has 1 N–H and O–H groups in total. The summed E-state index contributed by atoms with van der Waals surface area (Å²) >= 11 is 0. The summed E-state index contributed by atoms with van der Waals surface area (Å²) < 4.78 is 0. The predicted octanol–water partition coefficient (Wildman–Crippen LogP) is 9.07. The molecular formula is C32H23N. The predicted molar refractivity (Wildman–Crippen MR) is 142 cm³/mol. The molecule has 1 nitrogen and oxygen atoms in total. The molecular weight excluding hydrogens is 398 g/mol. The largest absolute Gasteiger partial charge is 0.356 e. The highest BCUT2D eigenvalue weighted by Gasteiger charge is 2.04. The van der Waals surface area contributed by atoms with Gasteiger partial charge in [0, 0.05) is 11.4 Å². The van der Waals surface area contributed by atoms with Crippen LogP contribution in [0.2, 0.25) is 0 Å². The van der Waals surface area contributed by atoms with Crippen molar-refractivity contribution >= 4 is 32.9 Å². The quantitative estimate of drug-likeness (QED) is 0.280. The maximum atomic E-state index is 3.54. The Morgan fingerprint density at radius 2 is 0.970 bits per heavy atom. The molecule has 6 aromatic carbocycles. The molecule has 0 bridgehead atoms. The van der Waals surface area contributed by atoms with Crippen LogP contribution in [-0.2, 0) is 0 Å². The summed E-state index contributed by atoms with van der Waals surface area (Å²) in [6.45, 7) is 0. The molecule has 6 rings (SSSR count). The van der Waals surface area contributed by atoms with Crippen molar-refractivity contribution in [2.75, 3.05) is 5.32 Å². The minimum Gasteiger partial charge on any atom is -0.356 e. The maximum Gasteiger partial charge on any atom is 0.0390 e. The van der Waals surface area contributed by atoms with Gasteiger partial charge in [-0.25, -0.2) is 0 Å². The van der Waals surface area contributed by atoms with E-state index in [-0.39, 0.29) is 0 Å². The minimum absolute atomic E-state index is 1.08. The highest BCUT2D eigenvalue weighted by atomic mass is 14.9. The smallest absolute Gasteiger partial charge is 0.0390 e. The minimum atomic E-state index is 1.08. The van der Waals surface area contributed by atoms with E-state index >= 15 is 0 Å². The highest BCUT2D eigenvalue weighted by Crippen LogP contribution is 2.31. The molecule has 0 atom stereocenters. The lowest BCUT2D eigenvalue weighted by Gasteiger charge is -2.11. The molecule has 0 heterocycles. The van der Waals surface area contributed by atoms with Crippen LogP contribution in [0.25, 0.3) is 43.8 Å². The van der Waals surface area contributed by atoms with Gasteiger partial charge >= 0.3 is 0 Å². The second-order valence-corrected chi connectivity index (χ2v) is 8.37. The van der Waals surface area contributed by atoms with Crippen LogP contribution in [0, 0.1) is 0 Å². The number of rotatable bonds is 4. The summed E-state index contributed by atoms with van der Waals surface area (Å²) in [5.74, 6) is 0. The van der Waals surface area contributed by atoms with Gasteiger partial charge in [-0.2, -0.15) is 0 Å². The van der Waals surface area contributed by atoms with Crippen LogP contribution in [0.4, 0.5) is 11.4 Å². The lowest BCUT2D eigenvalue weighted by molar-refractivity contribution is 1.53. The number of anilines is 2. The SMILES string of the molecule is c1ccc(-c2cccc(Nc3ccc(-c4ccc5c(ccc6ccccc65)c4)cc3)c2)cc1. The Morgan fingerprint density at radius 1 is 0.333 bits per heavy atom. The van der Waals surface area contributed by atoms with Crippen molar-refractivity contribution in [1.29, 1.82) is 0 Å². The van der Waals surface area contributed by atoms with Gasteiger partial charge in [0.15, 0.2) is 0 Å². The third-order valence-corrected chi connectivity index (χ3v) is 6.22. The number of benzene rings is 6. The Bertz CT molecular complexity index is 1560. The van der Waals surface area contributed by atoms with Crippen LogP contribution in [0.5, 0.6) is 0 Å². The van der Waals surface area contributed by atoms with Gasteiger partial charge in [0.2, 0.25) is 0 Å². The molecule has 6 aromatic rings. The van der Waals surface area contributed by atoms with Crippen LogP contribution >= 0.6 is 0 Å². The average molecular weight is 422 g/mol. The van der Waals surface area contributed by atoms with E-state index in [1.807, 2.05) is 6.07 Å². The monoisotopic (exact) mass is 421 g/mol. The maximum absolute atomic E-state index is 3.54. The lowest BCUT2D eigenvalue weighted by Crippen LogP contribution is -1.91. The fourth-order valence-electron chi connectivity index (χ4n) is 4.51. The molecule has 156 valence electrons. The zero-order valence-corrected chi connectivity index (χ0v) is 18.2. The van der Waals surface area contributed by atoms with Crippen molar-refractivity contribution in [1.82, 2.24) is 0 Å². The van der Waals surface area contributed by atoms with Crippen LogP contribution in [0.3, 0.4) is 0 Å². The molecule has 0 aliphatic heterocycles. The number of hydrogen-bond acceptors (Lipinski definition) is 1. The average Bonchev–Trinajstić information content (AvgIpc) is 2.89. The van der Waals surface area contributed by atoms with Gasteiger partial charge in [-0.15, -0.1) is 0 Å². The van der Waals surface area contributed by atoms with E-state index in [2.05, 4.69) is 133 Å². The molecule has 0 radical (unpaired) electrons. The van der Waals surface area contributed by atoms with E-state index in [4.69, 9.17) is 0 Å². The first kappa shape index (κ1) is 19.3. The molecule has 1 heteroatoms. The number of hydrogen-bond donors (Lipinski definition) is 1. The normalized spacial score (nSPS) is 11.0. The van der Waals surface area contributed by atoms with Crippen LogP contribution < -0.4 is 5.32 Å². The van der Waals surface area contributed by atoms with Gasteiger partial charge in [0.25, 0.3) is 0 Å². The summed E-state index contributed by atoms with van der Waals surface area (Å²) in [6.07, 6.45) is 0. The van der Waals surface area contributed by atoms with Crippen molar-refractivity contribution in [3.8, 4) is 22.3 Å². The highest BCUT2D eigenvalue weighted by molar-refractivity contribution is 6.08. The van der Waals surface area contributed by atoms with Crippen LogP contribution in [0.15, 0.2) is 133 Å². The summed E-state index contributed by atoms with van der Waals surface area (Å²) in [6, 6.07) is 47.4. The fourth-order valence-corrected chi connectivity index (χ4v) is 4.51. The Hall–Kier alpha value is -4.36. The van der Waals surface area contributed by atoms with Crippen molar-refractivity contribution in [2.45, 2.75) is 0 Å². The molecule has 33 heavy (non-hydrogen) atoms. The van der Waals surface area contributed by atoms with Gasteiger partial charge in [-0.3, -0.25) is 0 Å². The summed E-state index contributed by atoms with van der Waals surface area (Å²) in [5.41, 5.74) is 7.04. The Labute approximate surface area is 194 Å². The van der Waals surface area contributed by atoms with Gasteiger partial charge in [-0.05, 0) is 74.1 Å². The molecule has 0 unspecified atom stereocenters. The Kier molecular flexibility index (Phi) is 4.86. The zero-order valence-electron chi connectivity index (χ0n) is 18.2. The number of nitrogens with one attached hydrogen (secondary N) is 1. The van der Waals surface area contributed by atoms with Crippen molar-refractivity contribution in [3.05, 3.63) is 133 Å². The first-order valence-electron chi connectivity index (χ1n) is 11.3. The van der Waals surface area contributed by atoms with Gasteiger partial charge in [0.05, 0.1) is 0 Å². The number of fused-ring (bicyclic) bond motifs is 3. The molecule has 0 saturated carbocycles. The Morgan fingerprint density at radius 3 is 1.85 bits per heavy atom. The Balaban J connectivity index is 1.26. The molecule has 0 amide bonds. The van der Waals surface area contributed by atoms with Crippen molar-refractivity contribution in [3.63, 3.8) is 0 Å². The molecule has 0 spiro atoms. The van der Waals surface area contributed by atoms with Gasteiger partial charge < -0.3 is 5.32 Å².